The van der Waals surface area contributed by atoms with E-state index in [4.69, 9.17) is 15.2 Å². The summed E-state index contributed by atoms with van der Waals surface area (Å²) in [6, 6.07) is 5.85. The molecule has 16 heavy (non-hydrogen) atoms. The Morgan fingerprint density at radius 1 is 1.44 bits per heavy atom. The second-order valence-corrected chi connectivity index (χ2v) is 4.17. The SMILES string of the molecule is CC(CC(N)=O)Cc1ccc2c(c1)OCO2. The maximum atomic E-state index is 10.8. The molecule has 4 heteroatoms. The van der Waals surface area contributed by atoms with E-state index in [1.807, 2.05) is 25.1 Å². The van der Waals surface area contributed by atoms with Gasteiger partial charge in [0.15, 0.2) is 11.5 Å². The molecule has 4 nitrogen and oxygen atoms in total. The van der Waals surface area contributed by atoms with Crippen LogP contribution >= 0.6 is 0 Å². The molecule has 2 N–H and O–H groups in total. The molecule has 0 aromatic heterocycles. The number of nitrogens with two attached hydrogens (primary N) is 1. The number of hydrogen-bond donors (Lipinski definition) is 1. The molecular weight excluding hydrogens is 206 g/mol. The van der Waals surface area contributed by atoms with Gasteiger partial charge in [-0.2, -0.15) is 0 Å². The van der Waals surface area contributed by atoms with Gasteiger partial charge in [-0.3, -0.25) is 4.79 Å². The Kier molecular flexibility index (Phi) is 2.99. The number of benzene rings is 1. The lowest BCUT2D eigenvalue weighted by atomic mass is 9.97. The highest BCUT2D eigenvalue weighted by molar-refractivity contribution is 5.73. The predicted molar refractivity (Wildman–Crippen MR) is 59.2 cm³/mol. The fourth-order valence-corrected chi connectivity index (χ4v) is 1.89. The number of carbonyl (C=O) groups is 1. The Morgan fingerprint density at radius 3 is 2.94 bits per heavy atom. The molecule has 1 aliphatic heterocycles. The minimum absolute atomic E-state index is 0.248. The fraction of sp³-hybridized carbons (Fsp3) is 0.417. The molecule has 0 radical (unpaired) electrons. The van der Waals surface area contributed by atoms with Gasteiger partial charge in [-0.15, -0.1) is 0 Å². The first-order chi connectivity index (χ1) is 7.65. The molecule has 0 aliphatic carbocycles. The van der Waals surface area contributed by atoms with Crippen molar-refractivity contribution >= 4 is 5.91 Å². The molecule has 0 bridgehead atoms. The van der Waals surface area contributed by atoms with Gasteiger partial charge < -0.3 is 15.2 Å². The Morgan fingerprint density at radius 2 is 2.19 bits per heavy atom. The molecule has 1 heterocycles. The lowest BCUT2D eigenvalue weighted by Gasteiger charge is -2.09. The zero-order valence-corrected chi connectivity index (χ0v) is 9.23. The van der Waals surface area contributed by atoms with E-state index in [0.29, 0.717) is 6.42 Å². The number of primary amides is 1. The van der Waals surface area contributed by atoms with Gasteiger partial charge in [0.25, 0.3) is 0 Å². The van der Waals surface area contributed by atoms with E-state index in [1.165, 1.54) is 0 Å². The lowest BCUT2D eigenvalue weighted by Crippen LogP contribution is -2.15. The predicted octanol–water partition coefficient (Wildman–Crippen LogP) is 1.47. The van der Waals surface area contributed by atoms with Crippen molar-refractivity contribution in [3.05, 3.63) is 23.8 Å². The van der Waals surface area contributed by atoms with Crippen molar-refractivity contribution < 1.29 is 14.3 Å². The summed E-state index contributed by atoms with van der Waals surface area (Å²) in [4.78, 5) is 10.8. The van der Waals surface area contributed by atoms with Crippen molar-refractivity contribution in [3.8, 4) is 11.5 Å². The third-order valence-electron chi connectivity index (χ3n) is 2.57. The molecular formula is C12H15NO3. The molecule has 1 aromatic rings. The lowest BCUT2D eigenvalue weighted by molar-refractivity contribution is -0.118. The molecule has 1 atom stereocenters. The third kappa shape index (κ3) is 2.45. The summed E-state index contributed by atoms with van der Waals surface area (Å²) in [6.07, 6.45) is 1.23. The highest BCUT2D eigenvalue weighted by Crippen LogP contribution is 2.33. The molecule has 0 saturated heterocycles. The van der Waals surface area contributed by atoms with Crippen LogP contribution in [0, 0.1) is 5.92 Å². The smallest absolute Gasteiger partial charge is 0.231 e. The molecule has 0 fully saturated rings. The molecule has 1 aromatic carbocycles. The third-order valence-corrected chi connectivity index (χ3v) is 2.57. The van der Waals surface area contributed by atoms with Gasteiger partial charge in [0.2, 0.25) is 12.7 Å². The van der Waals surface area contributed by atoms with Gasteiger partial charge in [0, 0.05) is 6.42 Å². The van der Waals surface area contributed by atoms with Crippen LogP contribution in [0.25, 0.3) is 0 Å². The fourth-order valence-electron chi connectivity index (χ4n) is 1.89. The first kappa shape index (κ1) is 10.8. The number of fused-ring (bicyclic) bond motifs is 1. The molecule has 86 valence electrons. The van der Waals surface area contributed by atoms with Gasteiger partial charge in [0.05, 0.1) is 0 Å². The van der Waals surface area contributed by atoms with Crippen LogP contribution in [0.2, 0.25) is 0 Å². The minimum Gasteiger partial charge on any atom is -0.454 e. The van der Waals surface area contributed by atoms with E-state index in [9.17, 15) is 4.79 Å². The molecule has 1 amide bonds. The standard InChI is InChI=1S/C12H15NO3/c1-8(5-12(13)14)4-9-2-3-10-11(6-9)16-7-15-10/h2-3,6,8H,4-5,7H2,1H3,(H2,13,14). The van der Waals surface area contributed by atoms with E-state index >= 15 is 0 Å². The Hall–Kier alpha value is -1.71. The first-order valence-corrected chi connectivity index (χ1v) is 5.32. The van der Waals surface area contributed by atoms with Gasteiger partial charge in [-0.1, -0.05) is 13.0 Å². The van der Waals surface area contributed by atoms with Crippen LogP contribution in [0.5, 0.6) is 11.5 Å². The summed E-state index contributed by atoms with van der Waals surface area (Å²) in [6.45, 7) is 2.30. The molecule has 1 unspecified atom stereocenters. The highest BCUT2D eigenvalue weighted by atomic mass is 16.7. The van der Waals surface area contributed by atoms with Crippen LogP contribution in [0.4, 0.5) is 0 Å². The summed E-state index contributed by atoms with van der Waals surface area (Å²) in [7, 11) is 0. The maximum absolute atomic E-state index is 10.8. The van der Waals surface area contributed by atoms with E-state index in [1.54, 1.807) is 0 Å². The first-order valence-electron chi connectivity index (χ1n) is 5.32. The summed E-state index contributed by atoms with van der Waals surface area (Å²) >= 11 is 0. The number of ether oxygens (including phenoxy) is 2. The van der Waals surface area contributed by atoms with E-state index in [0.717, 1.165) is 23.5 Å². The number of hydrogen-bond acceptors (Lipinski definition) is 3. The molecule has 2 rings (SSSR count). The summed E-state index contributed by atoms with van der Waals surface area (Å²) in [5.41, 5.74) is 6.29. The average molecular weight is 221 g/mol. The largest absolute Gasteiger partial charge is 0.454 e. The number of rotatable bonds is 4. The number of amides is 1. The quantitative estimate of drug-likeness (QED) is 0.837. The van der Waals surface area contributed by atoms with Crippen molar-refractivity contribution in [2.24, 2.45) is 11.7 Å². The van der Waals surface area contributed by atoms with Gasteiger partial charge >= 0.3 is 0 Å². The Balaban J connectivity index is 2.02. The summed E-state index contributed by atoms with van der Waals surface area (Å²) < 4.78 is 10.5. The monoisotopic (exact) mass is 221 g/mol. The normalized spacial score (nSPS) is 14.8. The van der Waals surface area contributed by atoms with Crippen LogP contribution < -0.4 is 15.2 Å². The molecule has 0 spiro atoms. The van der Waals surface area contributed by atoms with E-state index in [-0.39, 0.29) is 18.6 Å². The van der Waals surface area contributed by atoms with E-state index in [2.05, 4.69) is 0 Å². The van der Waals surface area contributed by atoms with Crippen molar-refractivity contribution in [2.75, 3.05) is 6.79 Å². The van der Waals surface area contributed by atoms with Crippen LogP contribution in [-0.2, 0) is 11.2 Å². The Bertz CT molecular complexity index is 403. The van der Waals surface area contributed by atoms with Gasteiger partial charge in [-0.05, 0) is 30.0 Å². The van der Waals surface area contributed by atoms with Crippen LogP contribution in [0.1, 0.15) is 18.9 Å². The minimum atomic E-state index is -0.256. The second kappa shape index (κ2) is 4.43. The van der Waals surface area contributed by atoms with Crippen molar-refractivity contribution in [2.45, 2.75) is 19.8 Å². The van der Waals surface area contributed by atoms with Gasteiger partial charge in [0.1, 0.15) is 0 Å². The average Bonchev–Trinajstić information content (AvgIpc) is 2.63. The van der Waals surface area contributed by atoms with Crippen molar-refractivity contribution in [1.82, 2.24) is 0 Å². The van der Waals surface area contributed by atoms with Gasteiger partial charge in [-0.25, -0.2) is 0 Å². The zero-order valence-electron chi connectivity index (χ0n) is 9.23. The van der Waals surface area contributed by atoms with Crippen LogP contribution in [0.15, 0.2) is 18.2 Å². The summed E-state index contributed by atoms with van der Waals surface area (Å²) in [5, 5.41) is 0. The van der Waals surface area contributed by atoms with E-state index < -0.39 is 0 Å². The number of carbonyl (C=O) groups excluding carboxylic acids is 1. The topological polar surface area (TPSA) is 61.6 Å². The van der Waals surface area contributed by atoms with Crippen molar-refractivity contribution in [1.29, 1.82) is 0 Å². The zero-order chi connectivity index (χ0) is 11.5. The molecule has 0 saturated carbocycles. The second-order valence-electron chi connectivity index (χ2n) is 4.17. The molecule has 1 aliphatic rings. The van der Waals surface area contributed by atoms with Crippen LogP contribution in [-0.4, -0.2) is 12.7 Å². The summed E-state index contributed by atoms with van der Waals surface area (Å²) in [5.74, 6) is 1.56. The Labute approximate surface area is 94.3 Å². The van der Waals surface area contributed by atoms with Crippen LogP contribution in [0.3, 0.4) is 0 Å². The highest BCUT2D eigenvalue weighted by Gasteiger charge is 2.14. The van der Waals surface area contributed by atoms with Crippen molar-refractivity contribution in [3.63, 3.8) is 0 Å². The maximum Gasteiger partial charge on any atom is 0.231 e.